The lowest BCUT2D eigenvalue weighted by Crippen LogP contribution is -2.45. The van der Waals surface area contributed by atoms with Crippen molar-refractivity contribution in [3.8, 4) is 0 Å². The van der Waals surface area contributed by atoms with E-state index in [9.17, 15) is 0 Å². The van der Waals surface area contributed by atoms with Gasteiger partial charge in [-0.25, -0.2) is 4.99 Å². The number of aromatic nitrogens is 2. The Morgan fingerprint density at radius 1 is 1.43 bits per heavy atom. The minimum atomic E-state index is 0. The Balaban J connectivity index is 0.00000220. The zero-order valence-electron chi connectivity index (χ0n) is 13.1. The fourth-order valence-corrected chi connectivity index (χ4v) is 2.63. The predicted octanol–water partition coefficient (Wildman–Crippen LogP) is 2.63. The normalized spacial score (nSPS) is 22.5. The van der Waals surface area contributed by atoms with Gasteiger partial charge in [-0.15, -0.1) is 24.0 Å². The van der Waals surface area contributed by atoms with Gasteiger partial charge in [-0.1, -0.05) is 24.9 Å². The lowest BCUT2D eigenvalue weighted by molar-refractivity contribution is 0.324. The fraction of sp³-hybridized carbons (Fsp3) is 0.786. The van der Waals surface area contributed by atoms with Gasteiger partial charge in [0.2, 0.25) is 5.89 Å². The third-order valence-electron chi connectivity index (χ3n) is 3.57. The highest BCUT2D eigenvalue weighted by molar-refractivity contribution is 14.0. The Morgan fingerprint density at radius 2 is 2.24 bits per heavy atom. The summed E-state index contributed by atoms with van der Waals surface area (Å²) in [5.41, 5.74) is 0. The summed E-state index contributed by atoms with van der Waals surface area (Å²) in [6.45, 7) is 7.46. The maximum absolute atomic E-state index is 4.95. The second kappa shape index (κ2) is 9.22. The number of rotatable bonds is 4. The van der Waals surface area contributed by atoms with Crippen molar-refractivity contribution in [3.05, 3.63) is 11.7 Å². The van der Waals surface area contributed by atoms with Crippen molar-refractivity contribution < 1.29 is 4.52 Å². The topological polar surface area (TPSA) is 75.3 Å². The Labute approximate surface area is 143 Å². The molecule has 0 spiro atoms. The number of aryl methyl sites for hydroxylation is 1. The molecule has 0 amide bonds. The second-order valence-corrected chi connectivity index (χ2v) is 5.54. The van der Waals surface area contributed by atoms with Gasteiger partial charge >= 0.3 is 0 Å². The molecule has 2 rings (SSSR count). The molecular weight excluding hydrogens is 381 g/mol. The number of hydrogen-bond donors (Lipinski definition) is 2. The average molecular weight is 407 g/mol. The van der Waals surface area contributed by atoms with Crippen LogP contribution in [0.3, 0.4) is 0 Å². The SMILES string of the molecule is CCNC(=NCc1noc(C)n1)NC1CCCC(C)C1.I. The molecule has 1 heterocycles. The number of nitrogens with one attached hydrogen (secondary N) is 2. The summed E-state index contributed by atoms with van der Waals surface area (Å²) in [7, 11) is 0. The molecule has 6 nitrogen and oxygen atoms in total. The van der Waals surface area contributed by atoms with E-state index in [1.165, 1.54) is 25.7 Å². The molecule has 120 valence electrons. The molecule has 7 heteroatoms. The van der Waals surface area contributed by atoms with Crippen LogP contribution in [0.4, 0.5) is 0 Å². The Hall–Kier alpha value is -0.860. The van der Waals surface area contributed by atoms with Gasteiger partial charge in [0.05, 0.1) is 0 Å². The number of guanidine groups is 1. The molecule has 0 bridgehead atoms. The first-order chi connectivity index (χ1) is 9.67. The second-order valence-electron chi connectivity index (χ2n) is 5.54. The van der Waals surface area contributed by atoms with Crippen LogP contribution in [0.5, 0.6) is 0 Å². The molecule has 0 radical (unpaired) electrons. The van der Waals surface area contributed by atoms with Crippen molar-refractivity contribution >= 4 is 29.9 Å². The van der Waals surface area contributed by atoms with E-state index in [-0.39, 0.29) is 24.0 Å². The highest BCUT2D eigenvalue weighted by Crippen LogP contribution is 2.23. The molecule has 0 aromatic carbocycles. The smallest absolute Gasteiger partial charge is 0.223 e. The molecule has 1 aliphatic rings. The van der Waals surface area contributed by atoms with Crippen molar-refractivity contribution in [3.63, 3.8) is 0 Å². The zero-order valence-corrected chi connectivity index (χ0v) is 15.4. The molecule has 1 fully saturated rings. The lowest BCUT2D eigenvalue weighted by atomic mass is 9.87. The quantitative estimate of drug-likeness (QED) is 0.456. The number of hydrogen-bond acceptors (Lipinski definition) is 4. The average Bonchev–Trinajstić information content (AvgIpc) is 2.82. The van der Waals surface area contributed by atoms with Gasteiger partial charge in [0.15, 0.2) is 11.8 Å². The van der Waals surface area contributed by atoms with Crippen molar-refractivity contribution in [2.24, 2.45) is 10.9 Å². The number of halogens is 1. The molecule has 1 aromatic heterocycles. The van der Waals surface area contributed by atoms with Crippen molar-refractivity contribution in [1.82, 2.24) is 20.8 Å². The summed E-state index contributed by atoms with van der Waals surface area (Å²) < 4.78 is 4.95. The molecule has 1 saturated carbocycles. The van der Waals surface area contributed by atoms with Gasteiger partial charge in [0.1, 0.15) is 6.54 Å². The van der Waals surface area contributed by atoms with E-state index in [0.717, 1.165) is 18.4 Å². The summed E-state index contributed by atoms with van der Waals surface area (Å²) in [6.07, 6.45) is 5.07. The summed E-state index contributed by atoms with van der Waals surface area (Å²) in [5, 5.41) is 10.6. The van der Waals surface area contributed by atoms with Crippen LogP contribution in [0.1, 0.15) is 51.2 Å². The molecule has 2 unspecified atom stereocenters. The number of aliphatic imine (C=N–C) groups is 1. The van der Waals surface area contributed by atoms with Crippen LogP contribution < -0.4 is 10.6 Å². The Bertz CT molecular complexity index is 448. The van der Waals surface area contributed by atoms with Crippen LogP contribution >= 0.6 is 24.0 Å². The van der Waals surface area contributed by atoms with E-state index in [2.05, 4.69) is 39.6 Å². The van der Waals surface area contributed by atoms with Crippen LogP contribution in [-0.2, 0) is 6.54 Å². The largest absolute Gasteiger partial charge is 0.357 e. The third kappa shape index (κ3) is 6.19. The fourth-order valence-electron chi connectivity index (χ4n) is 2.63. The summed E-state index contributed by atoms with van der Waals surface area (Å²) in [4.78, 5) is 8.69. The van der Waals surface area contributed by atoms with Crippen molar-refractivity contribution in [1.29, 1.82) is 0 Å². The highest BCUT2D eigenvalue weighted by atomic mass is 127. The minimum absolute atomic E-state index is 0. The van der Waals surface area contributed by atoms with E-state index >= 15 is 0 Å². The van der Waals surface area contributed by atoms with Crippen LogP contribution in [0.2, 0.25) is 0 Å². The molecule has 0 saturated heterocycles. The minimum Gasteiger partial charge on any atom is -0.357 e. The summed E-state index contributed by atoms with van der Waals surface area (Å²) in [6, 6.07) is 0.517. The molecule has 21 heavy (non-hydrogen) atoms. The van der Waals surface area contributed by atoms with Crippen molar-refractivity contribution in [2.45, 2.75) is 59.0 Å². The van der Waals surface area contributed by atoms with Gasteiger partial charge in [0.25, 0.3) is 0 Å². The first-order valence-corrected chi connectivity index (χ1v) is 7.51. The van der Waals surface area contributed by atoms with E-state index < -0.39 is 0 Å². The summed E-state index contributed by atoms with van der Waals surface area (Å²) in [5.74, 6) is 2.84. The standard InChI is InChI=1S/C14H25N5O.HI/c1-4-15-14(16-9-13-17-11(3)20-19-13)18-12-7-5-6-10(2)8-12;/h10,12H,4-9H2,1-3H3,(H2,15,16,18);1H. The molecule has 1 aromatic rings. The maximum Gasteiger partial charge on any atom is 0.223 e. The highest BCUT2D eigenvalue weighted by Gasteiger charge is 2.19. The third-order valence-corrected chi connectivity index (χ3v) is 3.57. The van der Waals surface area contributed by atoms with Crippen LogP contribution in [0.15, 0.2) is 9.52 Å². The van der Waals surface area contributed by atoms with Gasteiger partial charge in [-0.3, -0.25) is 0 Å². The molecule has 2 N–H and O–H groups in total. The van der Waals surface area contributed by atoms with Crippen LogP contribution in [0.25, 0.3) is 0 Å². The molecule has 0 aliphatic heterocycles. The van der Waals surface area contributed by atoms with Gasteiger partial charge in [0, 0.05) is 19.5 Å². The number of nitrogens with zero attached hydrogens (tertiary/aromatic N) is 3. The first kappa shape index (κ1) is 18.2. The maximum atomic E-state index is 4.95. The molecule has 1 aliphatic carbocycles. The summed E-state index contributed by atoms with van der Waals surface area (Å²) >= 11 is 0. The van der Waals surface area contributed by atoms with Gasteiger partial charge < -0.3 is 15.2 Å². The first-order valence-electron chi connectivity index (χ1n) is 7.51. The van der Waals surface area contributed by atoms with E-state index in [1.54, 1.807) is 6.92 Å². The molecule has 2 atom stereocenters. The Morgan fingerprint density at radius 3 is 2.86 bits per heavy atom. The zero-order chi connectivity index (χ0) is 14.4. The van der Waals surface area contributed by atoms with Gasteiger partial charge in [-0.2, -0.15) is 4.98 Å². The molecular formula is C14H26IN5O. The lowest BCUT2D eigenvalue weighted by Gasteiger charge is -2.28. The van der Waals surface area contributed by atoms with Gasteiger partial charge in [-0.05, 0) is 25.7 Å². The van der Waals surface area contributed by atoms with Crippen molar-refractivity contribution in [2.75, 3.05) is 6.54 Å². The van der Waals surface area contributed by atoms with Crippen LogP contribution in [-0.4, -0.2) is 28.7 Å². The Kier molecular flexibility index (Phi) is 7.98. The van der Waals surface area contributed by atoms with Crippen LogP contribution in [0, 0.1) is 12.8 Å². The van der Waals surface area contributed by atoms with E-state index in [0.29, 0.717) is 24.3 Å². The van der Waals surface area contributed by atoms with E-state index in [4.69, 9.17) is 4.52 Å². The predicted molar refractivity (Wildman–Crippen MR) is 93.8 cm³/mol. The monoisotopic (exact) mass is 407 g/mol. The van der Waals surface area contributed by atoms with E-state index in [1.807, 2.05) is 0 Å².